The second-order valence-electron chi connectivity index (χ2n) is 6.08. The molecule has 1 aliphatic carbocycles. The Labute approximate surface area is 140 Å². The molecule has 2 N–H and O–H groups in total. The fourth-order valence-corrected chi connectivity index (χ4v) is 1.47. The van der Waals surface area contributed by atoms with Crippen LogP contribution in [0.3, 0.4) is 0 Å². The number of ether oxygens (including phenoxy) is 2. The highest BCUT2D eigenvalue weighted by Crippen LogP contribution is 2.10. The van der Waals surface area contributed by atoms with E-state index in [9.17, 15) is 9.59 Å². The van der Waals surface area contributed by atoms with Gasteiger partial charge in [-0.25, -0.2) is 4.79 Å². The Morgan fingerprint density at radius 3 is 2.17 bits per heavy atom. The number of rotatable bonds is 0. The number of esters is 1. The van der Waals surface area contributed by atoms with E-state index in [4.69, 9.17) is 9.84 Å². The van der Waals surface area contributed by atoms with E-state index in [1.54, 1.807) is 0 Å². The molecule has 0 fully saturated rings. The molecule has 0 radical (unpaired) electrons. The van der Waals surface area contributed by atoms with Gasteiger partial charge in [-0.15, -0.1) is 0 Å². The molecule has 0 heterocycles. The van der Waals surface area contributed by atoms with E-state index in [0.29, 0.717) is 0 Å². The predicted molar refractivity (Wildman–Crippen MR) is 91.2 cm³/mol. The van der Waals surface area contributed by atoms with Gasteiger partial charge in [0.2, 0.25) is 0 Å². The Bertz CT molecular complexity index is 347. The zero-order valence-electron chi connectivity index (χ0n) is 15.3. The number of amides is 1. The maximum atomic E-state index is 10.5. The Balaban J connectivity index is 0. The largest absolute Gasteiger partial charge is 0.469 e. The van der Waals surface area contributed by atoms with E-state index in [0.717, 1.165) is 12.8 Å². The molecule has 6 nitrogen and oxygen atoms in total. The quantitative estimate of drug-likeness (QED) is 0.526. The third kappa shape index (κ3) is 22.9. The highest BCUT2D eigenvalue weighted by molar-refractivity contribution is 5.67. The highest BCUT2D eigenvalue weighted by atomic mass is 16.6. The maximum Gasteiger partial charge on any atom is 0.407 e. The fraction of sp³-hybridized carbons (Fsp3) is 0.765. The first-order chi connectivity index (χ1) is 10.6. The number of aliphatic hydroxyl groups excluding tert-OH is 1. The molecular weight excluding hydrogens is 298 g/mol. The summed E-state index contributed by atoms with van der Waals surface area (Å²) < 4.78 is 8.95. The summed E-state index contributed by atoms with van der Waals surface area (Å²) in [5.41, 5.74) is -0.389. The molecule has 23 heavy (non-hydrogen) atoms. The first-order valence-electron chi connectivity index (χ1n) is 7.92. The summed E-state index contributed by atoms with van der Waals surface area (Å²) in [7, 11) is 2.89. The van der Waals surface area contributed by atoms with Crippen molar-refractivity contribution in [3.63, 3.8) is 0 Å². The Morgan fingerprint density at radius 2 is 1.78 bits per heavy atom. The van der Waals surface area contributed by atoms with Crippen LogP contribution in [0.2, 0.25) is 0 Å². The summed E-state index contributed by atoms with van der Waals surface area (Å²) in [4.78, 5) is 20.1. The van der Waals surface area contributed by atoms with Gasteiger partial charge in [0.1, 0.15) is 5.60 Å². The predicted octanol–water partition coefficient (Wildman–Crippen LogP) is 3.19. The summed E-state index contributed by atoms with van der Waals surface area (Å²) in [6.45, 7) is 6.83. The van der Waals surface area contributed by atoms with Gasteiger partial charge in [-0.3, -0.25) is 4.79 Å². The summed E-state index contributed by atoms with van der Waals surface area (Å²) in [5, 5.41) is 11.5. The van der Waals surface area contributed by atoms with Crippen LogP contribution < -0.4 is 5.32 Å². The topological polar surface area (TPSA) is 84.9 Å². The lowest BCUT2D eigenvalue weighted by Gasteiger charge is -2.18. The number of carbonyl (C=O) groups excluding carboxylic acids is 2. The molecule has 1 amide bonds. The number of hydrogen-bond donors (Lipinski definition) is 2. The molecule has 136 valence electrons. The minimum atomic E-state index is -0.389. The maximum absolute atomic E-state index is 10.5. The minimum absolute atomic E-state index is 0.162. The first kappa shape index (κ1) is 23.7. The average Bonchev–Trinajstić information content (AvgIpc) is 2.42. The van der Waals surface area contributed by atoms with Crippen molar-refractivity contribution in [1.82, 2.24) is 5.32 Å². The summed E-state index contributed by atoms with van der Waals surface area (Å²) in [6, 6.07) is 0. The summed E-state index contributed by atoms with van der Waals surface area (Å²) in [5.74, 6) is -0.245. The second-order valence-corrected chi connectivity index (χ2v) is 6.08. The van der Waals surface area contributed by atoms with Crippen LogP contribution in [0, 0.1) is 0 Å². The smallest absolute Gasteiger partial charge is 0.407 e. The van der Waals surface area contributed by atoms with E-state index in [2.05, 4.69) is 16.1 Å². The van der Waals surface area contributed by atoms with Crippen molar-refractivity contribution >= 4 is 12.1 Å². The van der Waals surface area contributed by atoms with E-state index in [1.165, 1.54) is 40.3 Å². The van der Waals surface area contributed by atoms with Crippen molar-refractivity contribution in [1.29, 1.82) is 0 Å². The van der Waals surface area contributed by atoms with Gasteiger partial charge in [-0.2, -0.15) is 0 Å². The monoisotopic (exact) mass is 331 g/mol. The van der Waals surface area contributed by atoms with E-state index in [-0.39, 0.29) is 23.8 Å². The molecule has 1 rings (SSSR count). The number of aliphatic hydroxyl groups is 1. The van der Waals surface area contributed by atoms with Crippen LogP contribution in [0.5, 0.6) is 0 Å². The number of alkyl carbamates (subject to hydrolysis) is 1. The van der Waals surface area contributed by atoms with Gasteiger partial charge in [0.25, 0.3) is 0 Å². The third-order valence-electron chi connectivity index (χ3n) is 2.62. The van der Waals surface area contributed by atoms with Crippen LogP contribution in [0.1, 0.15) is 59.8 Å². The zero-order valence-corrected chi connectivity index (χ0v) is 15.3. The Morgan fingerprint density at radius 1 is 1.22 bits per heavy atom. The molecule has 1 atom stereocenters. The first-order valence-corrected chi connectivity index (χ1v) is 7.92. The average molecular weight is 331 g/mol. The van der Waals surface area contributed by atoms with Crippen molar-refractivity contribution in [2.75, 3.05) is 14.2 Å². The molecule has 0 aromatic heterocycles. The Kier molecular flexibility index (Phi) is 14.5. The zero-order chi connectivity index (χ0) is 18.3. The van der Waals surface area contributed by atoms with Crippen molar-refractivity contribution in [2.24, 2.45) is 0 Å². The lowest BCUT2D eigenvalue weighted by Crippen LogP contribution is -2.30. The van der Waals surface area contributed by atoms with Crippen LogP contribution in [-0.4, -0.2) is 43.0 Å². The number of allylic oxidation sites excluding steroid dienone is 1. The lowest BCUT2D eigenvalue weighted by molar-refractivity contribution is -0.137. The minimum Gasteiger partial charge on any atom is -0.469 e. The number of hydrogen-bond acceptors (Lipinski definition) is 5. The molecule has 0 saturated carbocycles. The fourth-order valence-electron chi connectivity index (χ4n) is 1.47. The lowest BCUT2D eigenvalue weighted by atomic mass is 10.0. The van der Waals surface area contributed by atoms with Gasteiger partial charge in [-0.1, -0.05) is 25.0 Å². The van der Waals surface area contributed by atoms with Crippen LogP contribution in [0.4, 0.5) is 4.79 Å². The molecule has 6 heteroatoms. The molecule has 0 aliphatic heterocycles. The van der Waals surface area contributed by atoms with Gasteiger partial charge >= 0.3 is 12.1 Å². The van der Waals surface area contributed by atoms with Gasteiger partial charge in [0.15, 0.2) is 0 Å². The molecular formula is C17H33NO5. The molecule has 1 unspecified atom stereocenters. The van der Waals surface area contributed by atoms with Gasteiger partial charge in [-0.05, 0) is 40.0 Å². The molecule has 0 saturated heterocycles. The van der Waals surface area contributed by atoms with E-state index >= 15 is 0 Å². The van der Waals surface area contributed by atoms with Crippen molar-refractivity contribution in [3.05, 3.63) is 12.2 Å². The Hall–Kier alpha value is -1.56. The van der Waals surface area contributed by atoms with Gasteiger partial charge in [0.05, 0.1) is 13.2 Å². The number of carbonyl (C=O) groups is 2. The van der Waals surface area contributed by atoms with E-state index in [1.807, 2.05) is 26.8 Å². The van der Waals surface area contributed by atoms with Crippen molar-refractivity contribution in [3.8, 4) is 0 Å². The van der Waals surface area contributed by atoms with Crippen molar-refractivity contribution < 1.29 is 24.2 Å². The highest BCUT2D eigenvalue weighted by Gasteiger charge is 2.13. The molecule has 0 aromatic rings. The normalized spacial score (nSPS) is 18.5. The standard InChI is InChI=1S/C8H14O.C6H13NO2.C3H6O2/c9-8-6-4-2-1-3-5-7-8;1-6(2,3)9-5(8)7-4;1-3(4)5-2/h4,6,8-9H,1-3,5,7H2;1-4H3,(H,7,8);1-2H3/b6-4-;;. The van der Waals surface area contributed by atoms with Gasteiger partial charge < -0.3 is 19.9 Å². The second kappa shape index (κ2) is 14.1. The molecule has 0 aromatic carbocycles. The SMILES string of the molecule is CNC(=O)OC(C)(C)C.COC(C)=O.OC1/C=C\CCCCC1. The molecule has 0 bridgehead atoms. The number of nitrogens with one attached hydrogen (secondary N) is 1. The van der Waals surface area contributed by atoms with Crippen LogP contribution in [0.25, 0.3) is 0 Å². The van der Waals surface area contributed by atoms with Crippen LogP contribution >= 0.6 is 0 Å². The number of methoxy groups -OCH3 is 1. The molecule has 1 aliphatic rings. The molecule has 0 spiro atoms. The van der Waals surface area contributed by atoms with E-state index < -0.39 is 0 Å². The van der Waals surface area contributed by atoms with Crippen LogP contribution in [0.15, 0.2) is 12.2 Å². The van der Waals surface area contributed by atoms with Crippen LogP contribution in [-0.2, 0) is 14.3 Å². The summed E-state index contributed by atoms with van der Waals surface area (Å²) in [6.07, 6.45) is 9.32. The van der Waals surface area contributed by atoms with Crippen molar-refractivity contribution in [2.45, 2.75) is 71.5 Å². The summed E-state index contributed by atoms with van der Waals surface area (Å²) >= 11 is 0. The third-order valence-corrected chi connectivity index (χ3v) is 2.62. The van der Waals surface area contributed by atoms with Gasteiger partial charge in [0, 0.05) is 14.0 Å².